The van der Waals surface area contributed by atoms with Crippen molar-refractivity contribution in [2.24, 2.45) is 5.73 Å². The summed E-state index contributed by atoms with van der Waals surface area (Å²) in [5.74, 6) is 0.972. The van der Waals surface area contributed by atoms with Gasteiger partial charge in [0.25, 0.3) is 0 Å². The lowest BCUT2D eigenvalue weighted by molar-refractivity contribution is 0.0926. The predicted molar refractivity (Wildman–Crippen MR) is 72.4 cm³/mol. The highest BCUT2D eigenvalue weighted by Crippen LogP contribution is 2.19. The van der Waals surface area contributed by atoms with Gasteiger partial charge in [-0.25, -0.2) is 4.98 Å². The van der Waals surface area contributed by atoms with Crippen molar-refractivity contribution >= 4 is 23.0 Å². The Morgan fingerprint density at radius 1 is 1.65 bits per heavy atom. The van der Waals surface area contributed by atoms with Crippen molar-refractivity contribution in [1.29, 1.82) is 0 Å². The Balaban J connectivity index is 2.17. The van der Waals surface area contributed by atoms with Crippen molar-refractivity contribution in [2.45, 2.75) is 19.4 Å². The first-order valence-corrected chi connectivity index (χ1v) is 6.23. The monoisotopic (exact) mass is 251 g/mol. The van der Waals surface area contributed by atoms with E-state index in [4.69, 9.17) is 22.7 Å². The number of nitrogens with two attached hydrogens (primary N) is 1. The molecule has 1 aromatic heterocycles. The average molecular weight is 251 g/mol. The Bertz CT molecular complexity index is 393. The fourth-order valence-corrected chi connectivity index (χ4v) is 2.12. The molecular weight excluding hydrogens is 234 g/mol. The van der Waals surface area contributed by atoms with Gasteiger partial charge in [0.2, 0.25) is 0 Å². The molecule has 1 saturated heterocycles. The molecule has 0 spiro atoms. The van der Waals surface area contributed by atoms with Crippen LogP contribution < -0.4 is 10.6 Å². The number of pyridine rings is 1. The lowest BCUT2D eigenvalue weighted by atomic mass is 10.1. The smallest absolute Gasteiger partial charge is 0.128 e. The van der Waals surface area contributed by atoms with Gasteiger partial charge >= 0.3 is 0 Å². The molecule has 0 radical (unpaired) electrons. The summed E-state index contributed by atoms with van der Waals surface area (Å²) in [6.07, 6.45) is 2.79. The lowest BCUT2D eigenvalue weighted by Gasteiger charge is -2.36. The summed E-state index contributed by atoms with van der Waals surface area (Å²) in [6.45, 7) is 4.58. The van der Waals surface area contributed by atoms with Crippen molar-refractivity contribution < 1.29 is 4.74 Å². The molecule has 92 valence electrons. The van der Waals surface area contributed by atoms with Crippen LogP contribution >= 0.6 is 12.2 Å². The van der Waals surface area contributed by atoms with Crippen LogP contribution in [0.4, 0.5) is 5.82 Å². The first-order valence-electron chi connectivity index (χ1n) is 5.82. The maximum atomic E-state index is 5.55. The third-order valence-electron chi connectivity index (χ3n) is 3.03. The molecule has 2 N–H and O–H groups in total. The Morgan fingerprint density at radius 3 is 3.06 bits per heavy atom. The third-order valence-corrected chi connectivity index (χ3v) is 3.26. The van der Waals surface area contributed by atoms with E-state index in [0.717, 1.165) is 37.6 Å². The maximum absolute atomic E-state index is 5.55. The molecule has 1 unspecified atom stereocenters. The second kappa shape index (κ2) is 5.42. The molecular formula is C12H17N3OS. The van der Waals surface area contributed by atoms with Crippen LogP contribution in [0, 0.1) is 0 Å². The highest BCUT2D eigenvalue weighted by Gasteiger charge is 2.22. The number of hydrogen-bond acceptors (Lipinski definition) is 4. The van der Waals surface area contributed by atoms with Crippen molar-refractivity contribution in [3.63, 3.8) is 0 Å². The molecule has 1 aliphatic rings. The van der Waals surface area contributed by atoms with Gasteiger partial charge in [-0.15, -0.1) is 0 Å². The van der Waals surface area contributed by atoms with Crippen LogP contribution in [0.3, 0.4) is 0 Å². The van der Waals surface area contributed by atoms with Gasteiger partial charge in [0.1, 0.15) is 10.8 Å². The highest BCUT2D eigenvalue weighted by atomic mass is 32.1. The van der Waals surface area contributed by atoms with Gasteiger partial charge in [-0.05, 0) is 18.6 Å². The van der Waals surface area contributed by atoms with Crippen LogP contribution in [0.25, 0.3) is 0 Å². The van der Waals surface area contributed by atoms with Gasteiger partial charge in [-0.3, -0.25) is 0 Å². The molecule has 0 aliphatic carbocycles. The van der Waals surface area contributed by atoms with Crippen LogP contribution in [0.2, 0.25) is 0 Å². The zero-order valence-corrected chi connectivity index (χ0v) is 10.7. The number of aromatic nitrogens is 1. The Hall–Kier alpha value is -1.20. The number of morpholine rings is 1. The van der Waals surface area contributed by atoms with Crippen molar-refractivity contribution in [3.8, 4) is 0 Å². The van der Waals surface area contributed by atoms with Gasteiger partial charge in [0.05, 0.1) is 19.3 Å². The van der Waals surface area contributed by atoms with E-state index in [1.54, 1.807) is 6.20 Å². The van der Waals surface area contributed by atoms with Crippen LogP contribution in [0.1, 0.15) is 18.9 Å². The summed E-state index contributed by atoms with van der Waals surface area (Å²) in [5.41, 5.74) is 6.36. The summed E-state index contributed by atoms with van der Waals surface area (Å²) in [5, 5.41) is 0. The van der Waals surface area contributed by atoms with Gasteiger partial charge in [0, 0.05) is 18.3 Å². The van der Waals surface area contributed by atoms with Gasteiger partial charge in [-0.1, -0.05) is 19.1 Å². The second-order valence-electron chi connectivity index (χ2n) is 4.10. The first kappa shape index (κ1) is 12.3. The molecule has 17 heavy (non-hydrogen) atoms. The quantitative estimate of drug-likeness (QED) is 0.821. The summed E-state index contributed by atoms with van der Waals surface area (Å²) >= 11 is 4.91. The highest BCUT2D eigenvalue weighted by molar-refractivity contribution is 7.80. The minimum Gasteiger partial charge on any atom is -0.389 e. The summed E-state index contributed by atoms with van der Waals surface area (Å²) in [6, 6.07) is 4.31. The molecule has 1 fully saturated rings. The lowest BCUT2D eigenvalue weighted by Crippen LogP contribution is -2.45. The maximum Gasteiger partial charge on any atom is 0.128 e. The van der Waals surface area contributed by atoms with E-state index in [9.17, 15) is 0 Å². The Labute approximate surface area is 107 Å². The molecule has 2 rings (SSSR count). The topological polar surface area (TPSA) is 51.4 Å². The van der Waals surface area contributed by atoms with Crippen molar-refractivity contribution in [2.75, 3.05) is 24.7 Å². The molecule has 1 atom stereocenters. The molecule has 2 heterocycles. The third kappa shape index (κ3) is 2.73. The van der Waals surface area contributed by atoms with Crippen LogP contribution in [-0.4, -0.2) is 35.8 Å². The largest absolute Gasteiger partial charge is 0.389 e. The fraction of sp³-hybridized carbons (Fsp3) is 0.500. The number of hydrogen-bond donors (Lipinski definition) is 1. The van der Waals surface area contributed by atoms with Gasteiger partial charge in [-0.2, -0.15) is 0 Å². The second-order valence-corrected chi connectivity index (χ2v) is 4.54. The molecule has 1 aliphatic heterocycles. The SMILES string of the molecule is CCC1COCCN1c1ccc(C(N)=S)cn1. The van der Waals surface area contributed by atoms with E-state index in [-0.39, 0.29) is 0 Å². The van der Waals surface area contributed by atoms with Crippen molar-refractivity contribution in [1.82, 2.24) is 4.98 Å². The van der Waals surface area contributed by atoms with E-state index >= 15 is 0 Å². The average Bonchev–Trinajstić information content (AvgIpc) is 2.39. The molecule has 0 amide bonds. The number of rotatable bonds is 3. The number of anilines is 1. The van der Waals surface area contributed by atoms with E-state index in [1.807, 2.05) is 12.1 Å². The van der Waals surface area contributed by atoms with Crippen LogP contribution in [0.5, 0.6) is 0 Å². The minimum atomic E-state index is 0.387. The molecule has 0 bridgehead atoms. The van der Waals surface area contributed by atoms with Gasteiger partial charge < -0.3 is 15.4 Å². The predicted octanol–water partition coefficient (Wildman–Crippen LogP) is 1.33. The van der Waals surface area contributed by atoms with Crippen LogP contribution in [0.15, 0.2) is 18.3 Å². The molecule has 5 heteroatoms. The Kier molecular flexibility index (Phi) is 3.91. The van der Waals surface area contributed by atoms with E-state index in [0.29, 0.717) is 11.0 Å². The van der Waals surface area contributed by atoms with Crippen molar-refractivity contribution in [3.05, 3.63) is 23.9 Å². The molecule has 0 saturated carbocycles. The molecule has 4 nitrogen and oxygen atoms in total. The van der Waals surface area contributed by atoms with E-state index < -0.39 is 0 Å². The molecule has 1 aromatic rings. The zero-order valence-electron chi connectivity index (χ0n) is 9.93. The summed E-state index contributed by atoms with van der Waals surface area (Å²) in [4.78, 5) is 7.10. The number of nitrogens with zero attached hydrogens (tertiary/aromatic N) is 2. The zero-order chi connectivity index (χ0) is 12.3. The van der Waals surface area contributed by atoms with Crippen LogP contribution in [-0.2, 0) is 4.74 Å². The molecule has 0 aromatic carbocycles. The summed E-state index contributed by atoms with van der Waals surface area (Å²) in [7, 11) is 0. The number of thiocarbonyl (C=S) groups is 1. The summed E-state index contributed by atoms with van der Waals surface area (Å²) < 4.78 is 5.48. The van der Waals surface area contributed by atoms with E-state index in [1.165, 1.54) is 0 Å². The normalized spacial score (nSPS) is 20.3. The fourth-order valence-electron chi connectivity index (χ4n) is 2.00. The minimum absolute atomic E-state index is 0.387. The first-order chi connectivity index (χ1) is 8.22. The van der Waals surface area contributed by atoms with E-state index in [2.05, 4.69) is 16.8 Å². The van der Waals surface area contributed by atoms with Gasteiger partial charge in [0.15, 0.2) is 0 Å². The standard InChI is InChI=1S/C12H17N3OS/c1-2-10-8-16-6-5-15(10)11-4-3-9(7-14-11)12(13)17/h3-4,7,10H,2,5-6,8H2,1H3,(H2,13,17). The number of ether oxygens (including phenoxy) is 1. The Morgan fingerprint density at radius 2 is 2.47 bits per heavy atom.